The second-order valence-electron chi connectivity index (χ2n) is 4.29. The molecule has 2 N–H and O–H groups in total. The second kappa shape index (κ2) is 4.92. The van der Waals surface area contributed by atoms with Crippen LogP contribution in [0.25, 0.3) is 0 Å². The molecule has 0 bridgehead atoms. The van der Waals surface area contributed by atoms with Crippen molar-refractivity contribution >= 4 is 11.6 Å². The summed E-state index contributed by atoms with van der Waals surface area (Å²) in [5.41, 5.74) is 2.91. The van der Waals surface area contributed by atoms with Crippen LogP contribution in [0.15, 0.2) is 42.5 Å². The van der Waals surface area contributed by atoms with Crippen LogP contribution in [-0.4, -0.2) is 11.0 Å². The Morgan fingerprint density at radius 3 is 2.33 bits per heavy atom. The van der Waals surface area contributed by atoms with Crippen molar-refractivity contribution in [2.75, 3.05) is 5.32 Å². The zero-order valence-corrected chi connectivity index (χ0v) is 10.4. The largest absolute Gasteiger partial charge is 0.507 e. The maximum absolute atomic E-state index is 12.1. The van der Waals surface area contributed by atoms with Gasteiger partial charge in [0.25, 0.3) is 5.91 Å². The van der Waals surface area contributed by atoms with Crippen molar-refractivity contribution in [3.05, 3.63) is 59.2 Å². The molecule has 0 radical (unpaired) electrons. The van der Waals surface area contributed by atoms with Gasteiger partial charge in [0.05, 0.1) is 5.56 Å². The molecule has 2 aromatic rings. The Bertz CT molecular complexity index is 553. The molecule has 2 rings (SSSR count). The molecule has 0 atom stereocenters. The van der Waals surface area contributed by atoms with Gasteiger partial charge in [-0.25, -0.2) is 0 Å². The van der Waals surface area contributed by atoms with E-state index >= 15 is 0 Å². The van der Waals surface area contributed by atoms with E-state index in [4.69, 9.17) is 0 Å². The van der Waals surface area contributed by atoms with Gasteiger partial charge in [0.1, 0.15) is 5.75 Å². The summed E-state index contributed by atoms with van der Waals surface area (Å²) in [4.78, 5) is 12.1. The van der Waals surface area contributed by atoms with Crippen LogP contribution in [0.5, 0.6) is 5.75 Å². The molecular formula is C15H15NO2. The molecule has 0 saturated heterocycles. The van der Waals surface area contributed by atoms with Crippen LogP contribution in [-0.2, 0) is 0 Å². The molecule has 0 aliphatic heterocycles. The summed E-state index contributed by atoms with van der Waals surface area (Å²) in [6.07, 6.45) is 0. The lowest BCUT2D eigenvalue weighted by atomic mass is 10.1. The standard InChI is InChI=1S/C15H15NO2/c1-10-6-8-12(9-7-10)16-15(18)14-11(2)4-3-5-13(14)17/h3-9,17H,1-2H3,(H,16,18). The Labute approximate surface area is 106 Å². The third kappa shape index (κ3) is 2.51. The molecule has 0 aromatic heterocycles. The molecule has 3 heteroatoms. The molecule has 18 heavy (non-hydrogen) atoms. The molecule has 2 aromatic carbocycles. The number of carbonyl (C=O) groups is 1. The fourth-order valence-electron chi connectivity index (χ4n) is 1.78. The van der Waals surface area contributed by atoms with Crippen LogP contribution in [0.3, 0.4) is 0 Å². The number of anilines is 1. The van der Waals surface area contributed by atoms with E-state index in [1.165, 1.54) is 6.07 Å². The van der Waals surface area contributed by atoms with Crippen molar-refractivity contribution in [3.63, 3.8) is 0 Å². The van der Waals surface area contributed by atoms with Crippen molar-refractivity contribution in [2.24, 2.45) is 0 Å². The lowest BCUT2D eigenvalue weighted by Gasteiger charge is -2.09. The van der Waals surface area contributed by atoms with E-state index in [1.54, 1.807) is 19.1 Å². The molecule has 0 heterocycles. The average Bonchev–Trinajstić information content (AvgIpc) is 2.32. The van der Waals surface area contributed by atoms with E-state index in [9.17, 15) is 9.90 Å². The number of amides is 1. The summed E-state index contributed by atoms with van der Waals surface area (Å²) < 4.78 is 0. The highest BCUT2D eigenvalue weighted by molar-refractivity contribution is 6.07. The van der Waals surface area contributed by atoms with Gasteiger partial charge >= 0.3 is 0 Å². The maximum Gasteiger partial charge on any atom is 0.259 e. The van der Waals surface area contributed by atoms with Gasteiger partial charge in [-0.2, -0.15) is 0 Å². The lowest BCUT2D eigenvalue weighted by Crippen LogP contribution is -2.13. The third-order valence-corrected chi connectivity index (χ3v) is 2.79. The third-order valence-electron chi connectivity index (χ3n) is 2.79. The summed E-state index contributed by atoms with van der Waals surface area (Å²) in [6, 6.07) is 12.5. The predicted octanol–water partition coefficient (Wildman–Crippen LogP) is 3.26. The van der Waals surface area contributed by atoms with E-state index in [0.29, 0.717) is 11.3 Å². The first kappa shape index (κ1) is 12.2. The molecule has 0 saturated carbocycles. The molecule has 0 fully saturated rings. The Morgan fingerprint density at radius 2 is 1.72 bits per heavy atom. The fraction of sp³-hybridized carbons (Fsp3) is 0.133. The number of benzene rings is 2. The molecule has 0 aliphatic carbocycles. The minimum atomic E-state index is -0.297. The van der Waals surface area contributed by atoms with Gasteiger partial charge in [0.15, 0.2) is 0 Å². The first-order chi connectivity index (χ1) is 8.58. The van der Waals surface area contributed by atoms with Gasteiger partial charge in [-0.05, 0) is 37.6 Å². The zero-order valence-electron chi connectivity index (χ0n) is 10.4. The summed E-state index contributed by atoms with van der Waals surface area (Å²) in [5.74, 6) is -0.297. The Morgan fingerprint density at radius 1 is 1.06 bits per heavy atom. The number of aryl methyl sites for hydroxylation is 2. The number of rotatable bonds is 2. The number of aromatic hydroxyl groups is 1. The second-order valence-corrected chi connectivity index (χ2v) is 4.29. The predicted molar refractivity (Wildman–Crippen MR) is 72.0 cm³/mol. The molecule has 3 nitrogen and oxygen atoms in total. The van der Waals surface area contributed by atoms with Crippen LogP contribution in [0.1, 0.15) is 21.5 Å². The fourth-order valence-corrected chi connectivity index (χ4v) is 1.78. The number of hydrogen-bond donors (Lipinski definition) is 2. The number of phenolic OH excluding ortho intramolecular Hbond substituents is 1. The molecular weight excluding hydrogens is 226 g/mol. The van der Waals surface area contributed by atoms with Crippen molar-refractivity contribution < 1.29 is 9.90 Å². The number of nitrogens with one attached hydrogen (secondary N) is 1. The Balaban J connectivity index is 2.25. The highest BCUT2D eigenvalue weighted by Gasteiger charge is 2.13. The molecule has 0 unspecified atom stereocenters. The van der Waals surface area contributed by atoms with Crippen LogP contribution in [0.4, 0.5) is 5.69 Å². The minimum Gasteiger partial charge on any atom is -0.507 e. The summed E-state index contributed by atoms with van der Waals surface area (Å²) in [7, 11) is 0. The van der Waals surface area contributed by atoms with E-state index in [-0.39, 0.29) is 11.7 Å². The van der Waals surface area contributed by atoms with Crippen molar-refractivity contribution in [3.8, 4) is 5.75 Å². The topological polar surface area (TPSA) is 49.3 Å². The number of carbonyl (C=O) groups excluding carboxylic acids is 1. The number of phenols is 1. The lowest BCUT2D eigenvalue weighted by molar-refractivity contribution is 0.102. The van der Waals surface area contributed by atoms with E-state index < -0.39 is 0 Å². The van der Waals surface area contributed by atoms with Crippen molar-refractivity contribution in [1.29, 1.82) is 0 Å². The van der Waals surface area contributed by atoms with Gasteiger partial charge in [0, 0.05) is 5.69 Å². The summed E-state index contributed by atoms with van der Waals surface area (Å²) in [6.45, 7) is 3.78. The van der Waals surface area contributed by atoms with E-state index in [1.807, 2.05) is 31.2 Å². The summed E-state index contributed by atoms with van der Waals surface area (Å²) >= 11 is 0. The van der Waals surface area contributed by atoms with Crippen molar-refractivity contribution in [2.45, 2.75) is 13.8 Å². The van der Waals surface area contributed by atoms with Gasteiger partial charge in [-0.1, -0.05) is 29.8 Å². The highest BCUT2D eigenvalue weighted by Crippen LogP contribution is 2.21. The van der Waals surface area contributed by atoms with E-state index in [0.717, 1.165) is 11.1 Å². The average molecular weight is 241 g/mol. The maximum atomic E-state index is 12.1. The van der Waals surface area contributed by atoms with Gasteiger partial charge in [-0.15, -0.1) is 0 Å². The van der Waals surface area contributed by atoms with Gasteiger partial charge in [-0.3, -0.25) is 4.79 Å². The molecule has 1 amide bonds. The quantitative estimate of drug-likeness (QED) is 0.847. The monoisotopic (exact) mass is 241 g/mol. The van der Waals surface area contributed by atoms with Gasteiger partial charge in [0.2, 0.25) is 0 Å². The molecule has 92 valence electrons. The Kier molecular flexibility index (Phi) is 3.33. The van der Waals surface area contributed by atoms with Crippen LogP contribution in [0, 0.1) is 13.8 Å². The van der Waals surface area contributed by atoms with Gasteiger partial charge < -0.3 is 10.4 Å². The van der Waals surface area contributed by atoms with Crippen LogP contribution < -0.4 is 5.32 Å². The Hall–Kier alpha value is -2.29. The minimum absolute atomic E-state index is 0.000360. The summed E-state index contributed by atoms with van der Waals surface area (Å²) in [5, 5.41) is 12.5. The van der Waals surface area contributed by atoms with Crippen LogP contribution in [0.2, 0.25) is 0 Å². The normalized spacial score (nSPS) is 10.1. The van der Waals surface area contributed by atoms with Crippen molar-refractivity contribution in [1.82, 2.24) is 0 Å². The first-order valence-electron chi connectivity index (χ1n) is 5.74. The SMILES string of the molecule is Cc1ccc(NC(=O)c2c(C)cccc2O)cc1. The smallest absolute Gasteiger partial charge is 0.259 e. The first-order valence-corrected chi connectivity index (χ1v) is 5.74. The molecule has 0 spiro atoms. The molecule has 0 aliphatic rings. The van der Waals surface area contributed by atoms with E-state index in [2.05, 4.69) is 5.32 Å². The number of hydrogen-bond acceptors (Lipinski definition) is 2. The zero-order chi connectivity index (χ0) is 13.1. The van der Waals surface area contributed by atoms with Crippen LogP contribution >= 0.6 is 0 Å². The highest BCUT2D eigenvalue weighted by atomic mass is 16.3.